The van der Waals surface area contributed by atoms with Crippen LogP contribution in [0.3, 0.4) is 0 Å². The standard InChI is InChI=1S/C14H23NO/c1-3-11-15(13(2)16)12-7-10-14-8-5-4-6-9-14/h4-5,7,10,14H,3,6,8-9,11-12H2,1-2H3. The Morgan fingerprint density at radius 2 is 2.31 bits per heavy atom. The minimum Gasteiger partial charge on any atom is -0.339 e. The van der Waals surface area contributed by atoms with Crippen molar-refractivity contribution >= 4 is 5.91 Å². The lowest BCUT2D eigenvalue weighted by atomic mass is 9.94. The Bertz CT molecular complexity index is 268. The van der Waals surface area contributed by atoms with Gasteiger partial charge in [-0.1, -0.05) is 31.2 Å². The first-order valence-corrected chi connectivity index (χ1v) is 6.31. The summed E-state index contributed by atoms with van der Waals surface area (Å²) in [5.41, 5.74) is 0. The molecule has 2 heteroatoms. The molecule has 0 saturated carbocycles. The average Bonchev–Trinajstić information content (AvgIpc) is 2.29. The molecule has 1 amide bonds. The first kappa shape index (κ1) is 13.0. The first-order chi connectivity index (χ1) is 7.74. The van der Waals surface area contributed by atoms with Crippen LogP contribution in [0.25, 0.3) is 0 Å². The smallest absolute Gasteiger partial charge is 0.219 e. The third-order valence-corrected chi connectivity index (χ3v) is 2.98. The molecule has 1 atom stereocenters. The van der Waals surface area contributed by atoms with Gasteiger partial charge in [0.05, 0.1) is 0 Å². The Hall–Kier alpha value is -1.05. The highest BCUT2D eigenvalue weighted by Crippen LogP contribution is 2.18. The Morgan fingerprint density at radius 1 is 1.50 bits per heavy atom. The lowest BCUT2D eigenvalue weighted by Crippen LogP contribution is -2.29. The van der Waals surface area contributed by atoms with E-state index in [1.807, 2.05) is 4.90 Å². The van der Waals surface area contributed by atoms with Crippen LogP contribution in [-0.4, -0.2) is 23.9 Å². The van der Waals surface area contributed by atoms with Crippen LogP contribution in [0, 0.1) is 5.92 Å². The highest BCUT2D eigenvalue weighted by molar-refractivity contribution is 5.73. The molecule has 2 nitrogen and oxygen atoms in total. The van der Waals surface area contributed by atoms with Crippen molar-refractivity contribution in [2.24, 2.45) is 5.92 Å². The highest BCUT2D eigenvalue weighted by Gasteiger charge is 2.07. The van der Waals surface area contributed by atoms with Crippen molar-refractivity contribution in [2.45, 2.75) is 39.5 Å². The van der Waals surface area contributed by atoms with E-state index in [0.717, 1.165) is 25.9 Å². The second kappa shape index (κ2) is 7.26. The van der Waals surface area contributed by atoms with Crippen molar-refractivity contribution in [3.05, 3.63) is 24.3 Å². The van der Waals surface area contributed by atoms with Crippen molar-refractivity contribution in [1.82, 2.24) is 4.90 Å². The molecule has 0 aromatic carbocycles. The molecular weight excluding hydrogens is 198 g/mol. The molecule has 0 aromatic rings. The second-order valence-electron chi connectivity index (χ2n) is 4.44. The van der Waals surface area contributed by atoms with E-state index < -0.39 is 0 Å². The molecule has 1 unspecified atom stereocenters. The van der Waals surface area contributed by atoms with Crippen LogP contribution < -0.4 is 0 Å². The molecule has 1 rings (SSSR count). The predicted molar refractivity (Wildman–Crippen MR) is 68.2 cm³/mol. The maximum atomic E-state index is 11.3. The van der Waals surface area contributed by atoms with Crippen LogP contribution in [0.2, 0.25) is 0 Å². The number of hydrogen-bond acceptors (Lipinski definition) is 1. The molecule has 0 N–H and O–H groups in total. The van der Waals surface area contributed by atoms with Crippen LogP contribution in [0.4, 0.5) is 0 Å². The van der Waals surface area contributed by atoms with Crippen molar-refractivity contribution in [3.8, 4) is 0 Å². The number of carbonyl (C=O) groups is 1. The molecule has 1 aliphatic carbocycles. The molecule has 0 radical (unpaired) electrons. The van der Waals surface area contributed by atoms with Gasteiger partial charge in [-0.3, -0.25) is 4.79 Å². The number of allylic oxidation sites excluding steroid dienone is 3. The van der Waals surface area contributed by atoms with Crippen LogP contribution in [0.1, 0.15) is 39.5 Å². The van der Waals surface area contributed by atoms with Gasteiger partial charge < -0.3 is 4.90 Å². The summed E-state index contributed by atoms with van der Waals surface area (Å²) in [7, 11) is 0. The van der Waals surface area contributed by atoms with Gasteiger partial charge in [0, 0.05) is 20.0 Å². The topological polar surface area (TPSA) is 20.3 Å². The molecule has 0 heterocycles. The zero-order valence-electron chi connectivity index (χ0n) is 10.5. The molecule has 0 bridgehead atoms. The number of nitrogens with zero attached hydrogens (tertiary/aromatic N) is 1. The SMILES string of the molecule is CCCN(CC=CC1CC=CCC1)C(C)=O. The Morgan fingerprint density at radius 3 is 2.88 bits per heavy atom. The number of hydrogen-bond donors (Lipinski definition) is 0. The summed E-state index contributed by atoms with van der Waals surface area (Å²) in [5, 5.41) is 0. The largest absolute Gasteiger partial charge is 0.339 e. The first-order valence-electron chi connectivity index (χ1n) is 6.31. The van der Waals surface area contributed by atoms with Gasteiger partial charge in [0.1, 0.15) is 0 Å². The van der Waals surface area contributed by atoms with Gasteiger partial charge >= 0.3 is 0 Å². The van der Waals surface area contributed by atoms with Crippen molar-refractivity contribution in [3.63, 3.8) is 0 Å². The van der Waals surface area contributed by atoms with E-state index in [-0.39, 0.29) is 5.91 Å². The summed E-state index contributed by atoms with van der Waals surface area (Å²) in [4.78, 5) is 13.2. The third-order valence-electron chi connectivity index (χ3n) is 2.98. The molecular formula is C14H23NO. The number of amides is 1. The van der Waals surface area contributed by atoms with Crippen LogP contribution in [0.5, 0.6) is 0 Å². The summed E-state index contributed by atoms with van der Waals surface area (Å²) >= 11 is 0. The van der Waals surface area contributed by atoms with E-state index >= 15 is 0 Å². The Kier molecular flexibility index (Phi) is 5.91. The van der Waals surface area contributed by atoms with Gasteiger partial charge in [-0.15, -0.1) is 0 Å². The fourth-order valence-corrected chi connectivity index (χ4v) is 2.02. The molecule has 0 aromatic heterocycles. The molecule has 0 saturated heterocycles. The van der Waals surface area contributed by atoms with Crippen LogP contribution in [-0.2, 0) is 4.79 Å². The third kappa shape index (κ3) is 4.65. The lowest BCUT2D eigenvalue weighted by Gasteiger charge is -2.19. The highest BCUT2D eigenvalue weighted by atomic mass is 16.2. The summed E-state index contributed by atoms with van der Waals surface area (Å²) in [6.45, 7) is 5.38. The molecule has 0 fully saturated rings. The van der Waals surface area contributed by atoms with E-state index in [1.54, 1.807) is 6.92 Å². The summed E-state index contributed by atoms with van der Waals surface area (Å²) < 4.78 is 0. The monoisotopic (exact) mass is 221 g/mol. The Labute approximate surface area is 99.0 Å². The van der Waals surface area contributed by atoms with E-state index in [0.29, 0.717) is 5.92 Å². The molecule has 16 heavy (non-hydrogen) atoms. The van der Waals surface area contributed by atoms with Gasteiger partial charge in [0.15, 0.2) is 0 Å². The van der Waals surface area contributed by atoms with Crippen LogP contribution >= 0.6 is 0 Å². The molecule has 0 aliphatic heterocycles. The molecule has 0 spiro atoms. The van der Waals surface area contributed by atoms with Crippen LogP contribution in [0.15, 0.2) is 24.3 Å². The van der Waals surface area contributed by atoms with Gasteiger partial charge in [0.2, 0.25) is 5.91 Å². The number of carbonyl (C=O) groups excluding carboxylic acids is 1. The fraction of sp³-hybridized carbons (Fsp3) is 0.643. The van der Waals surface area contributed by atoms with Gasteiger partial charge in [-0.25, -0.2) is 0 Å². The average molecular weight is 221 g/mol. The van der Waals surface area contributed by atoms with E-state index in [4.69, 9.17) is 0 Å². The van der Waals surface area contributed by atoms with E-state index in [9.17, 15) is 4.79 Å². The maximum Gasteiger partial charge on any atom is 0.219 e. The summed E-state index contributed by atoms with van der Waals surface area (Å²) in [6, 6.07) is 0. The van der Waals surface area contributed by atoms with E-state index in [2.05, 4.69) is 31.2 Å². The lowest BCUT2D eigenvalue weighted by molar-refractivity contribution is -0.128. The predicted octanol–water partition coefficient (Wildman–Crippen LogP) is 3.16. The van der Waals surface area contributed by atoms with E-state index in [1.165, 1.54) is 12.8 Å². The van der Waals surface area contributed by atoms with Gasteiger partial charge in [0.25, 0.3) is 0 Å². The fourth-order valence-electron chi connectivity index (χ4n) is 2.02. The Balaban J connectivity index is 2.32. The number of rotatable bonds is 5. The zero-order chi connectivity index (χ0) is 11.8. The minimum absolute atomic E-state index is 0.176. The normalized spacial score (nSPS) is 20.2. The zero-order valence-corrected chi connectivity index (χ0v) is 10.5. The molecule has 90 valence electrons. The van der Waals surface area contributed by atoms with Gasteiger partial charge in [-0.05, 0) is 31.6 Å². The summed E-state index contributed by atoms with van der Waals surface area (Å²) in [5.74, 6) is 0.857. The van der Waals surface area contributed by atoms with Gasteiger partial charge in [-0.2, -0.15) is 0 Å². The maximum absolute atomic E-state index is 11.3. The van der Waals surface area contributed by atoms with Crippen molar-refractivity contribution in [2.75, 3.05) is 13.1 Å². The van der Waals surface area contributed by atoms with Crippen molar-refractivity contribution < 1.29 is 4.79 Å². The van der Waals surface area contributed by atoms with Crippen molar-refractivity contribution in [1.29, 1.82) is 0 Å². The molecule has 1 aliphatic rings. The summed E-state index contributed by atoms with van der Waals surface area (Å²) in [6.07, 6.45) is 13.6. The minimum atomic E-state index is 0.176. The second-order valence-corrected chi connectivity index (χ2v) is 4.44. The quantitative estimate of drug-likeness (QED) is 0.653.